The predicted octanol–water partition coefficient (Wildman–Crippen LogP) is 5.44. The Morgan fingerprint density at radius 2 is 1.72 bits per heavy atom. The molecule has 2 heterocycles. The molecule has 2 amide bonds. The Hall–Kier alpha value is -2.77. The maximum absolute atomic E-state index is 13.3. The van der Waals surface area contributed by atoms with E-state index in [1.54, 1.807) is 12.1 Å². The van der Waals surface area contributed by atoms with Gasteiger partial charge in [0, 0.05) is 37.6 Å². The lowest BCUT2D eigenvalue weighted by Gasteiger charge is -2.45. The molecule has 2 saturated heterocycles. The SMILES string of the molecule is CCC(C(=O)NC1CCN(CCC2(c3ccccc3)CCN(C(=O)C(C)(C)C)CO2)CC1)c1ccc(F)cc1. The van der Waals surface area contributed by atoms with Gasteiger partial charge in [-0.05, 0) is 55.4 Å². The Kier molecular flexibility index (Phi) is 9.44. The molecule has 0 radical (unpaired) electrons. The van der Waals surface area contributed by atoms with Crippen LogP contribution in [0.3, 0.4) is 0 Å². The molecule has 2 unspecified atom stereocenters. The van der Waals surface area contributed by atoms with Crippen LogP contribution in [-0.4, -0.2) is 60.6 Å². The Bertz CT molecular complexity index is 1080. The van der Waals surface area contributed by atoms with Crippen molar-refractivity contribution in [2.75, 3.05) is 32.9 Å². The van der Waals surface area contributed by atoms with E-state index in [4.69, 9.17) is 4.74 Å². The van der Waals surface area contributed by atoms with Crippen LogP contribution in [0.4, 0.5) is 4.39 Å². The second-order valence-electron chi connectivity index (χ2n) is 12.1. The Balaban J connectivity index is 1.31. The van der Waals surface area contributed by atoms with E-state index < -0.39 is 11.0 Å². The third kappa shape index (κ3) is 7.25. The van der Waals surface area contributed by atoms with Crippen molar-refractivity contribution in [1.82, 2.24) is 15.1 Å². The van der Waals surface area contributed by atoms with Crippen molar-refractivity contribution >= 4 is 11.8 Å². The summed E-state index contributed by atoms with van der Waals surface area (Å²) in [5, 5.41) is 3.25. The number of hydrogen-bond donors (Lipinski definition) is 1. The molecular weight excluding hydrogens is 493 g/mol. The highest BCUT2D eigenvalue weighted by molar-refractivity contribution is 5.84. The van der Waals surface area contributed by atoms with Crippen LogP contribution in [0.1, 0.15) is 76.8 Å². The van der Waals surface area contributed by atoms with Gasteiger partial charge in [0.1, 0.15) is 12.5 Å². The maximum atomic E-state index is 13.3. The van der Waals surface area contributed by atoms with E-state index in [0.29, 0.717) is 19.7 Å². The molecule has 2 aliphatic rings. The lowest BCUT2D eigenvalue weighted by molar-refractivity contribution is -0.175. The topological polar surface area (TPSA) is 61.9 Å². The fourth-order valence-electron chi connectivity index (χ4n) is 5.81. The highest BCUT2D eigenvalue weighted by atomic mass is 19.1. The van der Waals surface area contributed by atoms with Crippen molar-refractivity contribution in [3.8, 4) is 0 Å². The minimum atomic E-state index is -0.425. The van der Waals surface area contributed by atoms with E-state index in [1.807, 2.05) is 38.7 Å². The molecule has 2 fully saturated rings. The summed E-state index contributed by atoms with van der Waals surface area (Å²) in [4.78, 5) is 30.1. The van der Waals surface area contributed by atoms with Gasteiger partial charge in [-0.3, -0.25) is 9.59 Å². The second-order valence-corrected chi connectivity index (χ2v) is 12.1. The van der Waals surface area contributed by atoms with Gasteiger partial charge in [-0.2, -0.15) is 0 Å². The number of piperidine rings is 1. The first-order valence-corrected chi connectivity index (χ1v) is 14.4. The molecule has 2 atom stereocenters. The van der Waals surface area contributed by atoms with Crippen molar-refractivity contribution in [3.05, 3.63) is 71.5 Å². The van der Waals surface area contributed by atoms with E-state index in [9.17, 15) is 14.0 Å². The van der Waals surface area contributed by atoms with Gasteiger partial charge in [-0.1, -0.05) is 70.2 Å². The standard InChI is InChI=1S/C32H44FN3O3/c1-5-28(24-11-13-26(33)14-12-24)29(37)34-27-15-19-35(20-16-27)21-17-32(25-9-7-6-8-10-25)18-22-36(23-39-32)30(38)31(2,3)4/h6-14,27-28H,5,15-23H2,1-4H3,(H,34,37). The zero-order valence-corrected chi connectivity index (χ0v) is 23.9. The van der Waals surface area contributed by atoms with Crippen LogP contribution in [0, 0.1) is 11.2 Å². The van der Waals surface area contributed by atoms with Crippen LogP contribution in [0.25, 0.3) is 0 Å². The molecule has 1 N–H and O–H groups in total. The van der Waals surface area contributed by atoms with Gasteiger partial charge in [-0.15, -0.1) is 0 Å². The van der Waals surface area contributed by atoms with Crippen LogP contribution in [0.2, 0.25) is 0 Å². The van der Waals surface area contributed by atoms with Crippen LogP contribution < -0.4 is 5.32 Å². The molecular formula is C32H44FN3O3. The third-order valence-corrected chi connectivity index (χ3v) is 8.27. The summed E-state index contributed by atoms with van der Waals surface area (Å²) in [6.45, 7) is 11.6. The number of halogens is 1. The number of likely N-dealkylation sites (tertiary alicyclic amines) is 1. The summed E-state index contributed by atoms with van der Waals surface area (Å²) in [5.74, 6) is -0.402. The lowest BCUT2D eigenvalue weighted by Crippen LogP contribution is -2.51. The Morgan fingerprint density at radius 1 is 1.05 bits per heavy atom. The van der Waals surface area contributed by atoms with E-state index in [0.717, 1.165) is 50.9 Å². The Morgan fingerprint density at radius 3 is 2.28 bits per heavy atom. The fourth-order valence-corrected chi connectivity index (χ4v) is 5.81. The molecule has 0 aromatic heterocycles. The third-order valence-electron chi connectivity index (χ3n) is 8.27. The van der Waals surface area contributed by atoms with E-state index >= 15 is 0 Å². The minimum absolute atomic E-state index is 0.0237. The smallest absolute Gasteiger partial charge is 0.229 e. The zero-order valence-electron chi connectivity index (χ0n) is 23.9. The van der Waals surface area contributed by atoms with Crippen molar-refractivity contribution in [2.24, 2.45) is 5.41 Å². The number of ether oxygens (including phenoxy) is 1. The number of nitrogens with zero attached hydrogens (tertiary/aromatic N) is 2. The summed E-state index contributed by atoms with van der Waals surface area (Å²) >= 11 is 0. The molecule has 7 heteroatoms. The number of rotatable bonds is 8. The maximum Gasteiger partial charge on any atom is 0.229 e. The van der Waals surface area contributed by atoms with Gasteiger partial charge in [0.05, 0.1) is 11.5 Å². The normalized spacial score (nSPS) is 21.9. The van der Waals surface area contributed by atoms with Crippen LogP contribution >= 0.6 is 0 Å². The van der Waals surface area contributed by atoms with Crippen molar-refractivity contribution in [3.63, 3.8) is 0 Å². The van der Waals surface area contributed by atoms with Crippen molar-refractivity contribution in [1.29, 1.82) is 0 Å². The second kappa shape index (κ2) is 12.6. The molecule has 6 nitrogen and oxygen atoms in total. The molecule has 212 valence electrons. The predicted molar refractivity (Wildman–Crippen MR) is 152 cm³/mol. The molecule has 0 aliphatic carbocycles. The minimum Gasteiger partial charge on any atom is -0.353 e. The number of carbonyl (C=O) groups is 2. The molecule has 0 bridgehead atoms. The summed E-state index contributed by atoms with van der Waals surface area (Å²) in [5.41, 5.74) is 1.19. The van der Waals surface area contributed by atoms with E-state index in [-0.39, 0.29) is 29.6 Å². The van der Waals surface area contributed by atoms with Gasteiger partial charge in [0.15, 0.2) is 0 Å². The molecule has 2 aromatic carbocycles. The Labute approximate surface area is 232 Å². The first kappa shape index (κ1) is 29.2. The highest BCUT2D eigenvalue weighted by Gasteiger charge is 2.40. The van der Waals surface area contributed by atoms with Crippen LogP contribution in [0.5, 0.6) is 0 Å². The molecule has 2 aromatic rings. The number of carbonyl (C=O) groups excluding carboxylic acids is 2. The number of hydrogen-bond acceptors (Lipinski definition) is 4. The van der Waals surface area contributed by atoms with Gasteiger partial charge in [0.2, 0.25) is 11.8 Å². The zero-order chi connectivity index (χ0) is 28.0. The largest absolute Gasteiger partial charge is 0.353 e. The average molecular weight is 538 g/mol. The van der Waals surface area contributed by atoms with Crippen LogP contribution in [-0.2, 0) is 19.9 Å². The number of benzene rings is 2. The van der Waals surface area contributed by atoms with Gasteiger partial charge in [0.25, 0.3) is 0 Å². The molecule has 39 heavy (non-hydrogen) atoms. The highest BCUT2D eigenvalue weighted by Crippen LogP contribution is 2.38. The van der Waals surface area contributed by atoms with Gasteiger partial charge in [-0.25, -0.2) is 4.39 Å². The van der Waals surface area contributed by atoms with E-state index in [1.165, 1.54) is 17.7 Å². The number of amides is 2. The first-order chi connectivity index (χ1) is 18.6. The van der Waals surface area contributed by atoms with Gasteiger partial charge >= 0.3 is 0 Å². The van der Waals surface area contributed by atoms with Crippen molar-refractivity contribution in [2.45, 2.75) is 77.4 Å². The van der Waals surface area contributed by atoms with Gasteiger partial charge < -0.3 is 19.9 Å². The first-order valence-electron chi connectivity index (χ1n) is 14.4. The summed E-state index contributed by atoms with van der Waals surface area (Å²) in [6, 6.07) is 16.8. The number of nitrogens with one attached hydrogen (secondary N) is 1. The van der Waals surface area contributed by atoms with Crippen LogP contribution in [0.15, 0.2) is 54.6 Å². The lowest BCUT2D eigenvalue weighted by atomic mass is 9.85. The summed E-state index contributed by atoms with van der Waals surface area (Å²) in [7, 11) is 0. The molecule has 0 saturated carbocycles. The molecule has 2 aliphatic heterocycles. The fraction of sp³-hybridized carbons (Fsp3) is 0.562. The van der Waals surface area contributed by atoms with Crippen molar-refractivity contribution < 1.29 is 18.7 Å². The summed E-state index contributed by atoms with van der Waals surface area (Å²) in [6.07, 6.45) is 4.11. The molecule has 0 spiro atoms. The quantitative estimate of drug-likeness (QED) is 0.487. The average Bonchev–Trinajstić information content (AvgIpc) is 2.94. The monoisotopic (exact) mass is 537 g/mol. The summed E-state index contributed by atoms with van der Waals surface area (Å²) < 4.78 is 19.9. The van der Waals surface area contributed by atoms with E-state index in [2.05, 4.69) is 34.5 Å². The molecule has 4 rings (SSSR count).